The summed E-state index contributed by atoms with van der Waals surface area (Å²) in [4.78, 5) is 23.7. The lowest BCUT2D eigenvalue weighted by Crippen LogP contribution is -2.24. The van der Waals surface area contributed by atoms with Crippen LogP contribution < -0.4 is 5.32 Å². The Morgan fingerprint density at radius 1 is 1.33 bits per heavy atom. The summed E-state index contributed by atoms with van der Waals surface area (Å²) in [5, 5.41) is 12.1. The van der Waals surface area contributed by atoms with E-state index in [-0.39, 0.29) is 18.0 Å². The molecule has 2 rings (SSSR count). The van der Waals surface area contributed by atoms with Crippen LogP contribution in [0.3, 0.4) is 0 Å². The molecule has 0 bridgehead atoms. The van der Waals surface area contributed by atoms with E-state index in [1.807, 2.05) is 6.92 Å². The zero-order chi connectivity index (χ0) is 13.0. The molecule has 0 radical (unpaired) electrons. The molecule has 0 aliphatic carbocycles. The van der Waals surface area contributed by atoms with E-state index in [4.69, 9.17) is 0 Å². The van der Waals surface area contributed by atoms with E-state index in [0.29, 0.717) is 5.69 Å². The molecular weight excluding hydrogens is 232 g/mol. The number of amides is 1. The van der Waals surface area contributed by atoms with E-state index in [1.54, 1.807) is 18.5 Å². The zero-order valence-corrected chi connectivity index (χ0v) is 9.79. The number of nitrogens with one attached hydrogen (secondary N) is 1. The smallest absolute Gasteiger partial charge is 0.274 e. The largest absolute Gasteiger partial charge is 0.505 e. The quantitative estimate of drug-likeness (QED) is 0.834. The predicted molar refractivity (Wildman–Crippen MR) is 63.8 cm³/mol. The first kappa shape index (κ1) is 12.0. The van der Waals surface area contributed by atoms with E-state index in [2.05, 4.69) is 20.3 Å². The molecule has 2 heterocycles. The highest BCUT2D eigenvalue weighted by Gasteiger charge is 2.11. The lowest BCUT2D eigenvalue weighted by atomic mass is 10.3. The van der Waals surface area contributed by atoms with Crippen molar-refractivity contribution in [2.45, 2.75) is 13.5 Å². The fraction of sp³-hybridized carbons (Fsp3) is 0.167. The van der Waals surface area contributed by atoms with Crippen molar-refractivity contribution in [2.24, 2.45) is 0 Å². The first-order valence-corrected chi connectivity index (χ1v) is 5.36. The highest BCUT2D eigenvalue weighted by molar-refractivity contribution is 5.94. The number of carbonyl (C=O) groups excluding carboxylic acids is 1. The minimum absolute atomic E-state index is 0.00225. The van der Waals surface area contributed by atoms with Crippen molar-refractivity contribution in [1.82, 2.24) is 20.3 Å². The highest BCUT2D eigenvalue weighted by Crippen LogP contribution is 2.11. The van der Waals surface area contributed by atoms with Crippen LogP contribution in [0.5, 0.6) is 5.75 Å². The molecular formula is C12H12N4O2. The summed E-state index contributed by atoms with van der Waals surface area (Å²) < 4.78 is 0. The molecule has 0 saturated heterocycles. The van der Waals surface area contributed by atoms with Crippen molar-refractivity contribution in [3.8, 4) is 5.75 Å². The van der Waals surface area contributed by atoms with Gasteiger partial charge in [-0.3, -0.25) is 14.8 Å². The fourth-order valence-corrected chi connectivity index (χ4v) is 1.34. The maximum absolute atomic E-state index is 11.7. The van der Waals surface area contributed by atoms with E-state index in [0.717, 1.165) is 5.69 Å². The molecule has 0 fully saturated rings. The summed E-state index contributed by atoms with van der Waals surface area (Å²) in [6, 6.07) is 2.96. The lowest BCUT2D eigenvalue weighted by molar-refractivity contribution is 0.0942. The third-order valence-corrected chi connectivity index (χ3v) is 2.27. The van der Waals surface area contributed by atoms with Gasteiger partial charge in [0.2, 0.25) is 0 Å². The topological polar surface area (TPSA) is 88.0 Å². The Bertz CT molecular complexity index is 554. The van der Waals surface area contributed by atoms with Crippen molar-refractivity contribution in [1.29, 1.82) is 0 Å². The van der Waals surface area contributed by atoms with Crippen molar-refractivity contribution in [3.05, 3.63) is 47.8 Å². The molecule has 2 aromatic heterocycles. The van der Waals surface area contributed by atoms with Gasteiger partial charge in [-0.15, -0.1) is 0 Å². The van der Waals surface area contributed by atoms with Crippen molar-refractivity contribution < 1.29 is 9.90 Å². The lowest BCUT2D eigenvalue weighted by Gasteiger charge is -2.05. The Morgan fingerprint density at radius 3 is 2.83 bits per heavy atom. The number of aromatic hydroxyl groups is 1. The summed E-state index contributed by atoms with van der Waals surface area (Å²) in [7, 11) is 0. The second kappa shape index (κ2) is 5.22. The van der Waals surface area contributed by atoms with Gasteiger partial charge in [0.15, 0.2) is 5.69 Å². The summed E-state index contributed by atoms with van der Waals surface area (Å²) >= 11 is 0. The molecule has 0 aliphatic heterocycles. The average molecular weight is 244 g/mol. The first-order chi connectivity index (χ1) is 8.66. The van der Waals surface area contributed by atoms with Gasteiger partial charge < -0.3 is 10.4 Å². The molecule has 2 N–H and O–H groups in total. The maximum atomic E-state index is 11.7. The summed E-state index contributed by atoms with van der Waals surface area (Å²) in [6.07, 6.45) is 4.66. The van der Waals surface area contributed by atoms with Gasteiger partial charge in [0, 0.05) is 12.4 Å². The maximum Gasteiger partial charge on any atom is 0.274 e. The number of pyridine rings is 1. The van der Waals surface area contributed by atoms with Crippen LogP contribution in [-0.4, -0.2) is 26.0 Å². The van der Waals surface area contributed by atoms with Crippen LogP contribution in [0.1, 0.15) is 21.9 Å². The molecule has 0 atom stereocenters. The van der Waals surface area contributed by atoms with Crippen LogP contribution in [0, 0.1) is 6.92 Å². The number of nitrogens with zero attached hydrogens (tertiary/aromatic N) is 3. The van der Waals surface area contributed by atoms with E-state index >= 15 is 0 Å². The third kappa shape index (κ3) is 2.79. The van der Waals surface area contributed by atoms with Gasteiger partial charge in [-0.25, -0.2) is 4.98 Å². The van der Waals surface area contributed by atoms with Crippen molar-refractivity contribution in [2.75, 3.05) is 0 Å². The number of hydrogen-bond donors (Lipinski definition) is 2. The Kier molecular flexibility index (Phi) is 3.47. The number of rotatable bonds is 3. The number of hydrogen-bond acceptors (Lipinski definition) is 5. The van der Waals surface area contributed by atoms with Gasteiger partial charge in [0.1, 0.15) is 5.75 Å². The fourth-order valence-electron chi connectivity index (χ4n) is 1.34. The number of aromatic nitrogens is 3. The van der Waals surface area contributed by atoms with E-state index in [9.17, 15) is 9.90 Å². The van der Waals surface area contributed by atoms with Gasteiger partial charge in [-0.1, -0.05) is 0 Å². The zero-order valence-electron chi connectivity index (χ0n) is 9.79. The minimum atomic E-state index is -0.449. The summed E-state index contributed by atoms with van der Waals surface area (Å²) in [5.74, 6) is -0.597. The molecule has 92 valence electrons. The Labute approximate surface area is 104 Å². The van der Waals surface area contributed by atoms with Crippen LogP contribution in [0.15, 0.2) is 30.7 Å². The van der Waals surface area contributed by atoms with Gasteiger partial charge in [0.25, 0.3) is 5.91 Å². The normalized spacial score (nSPS) is 10.1. The Morgan fingerprint density at radius 2 is 2.17 bits per heavy atom. The Balaban J connectivity index is 2.01. The van der Waals surface area contributed by atoms with Crippen molar-refractivity contribution in [3.63, 3.8) is 0 Å². The van der Waals surface area contributed by atoms with Crippen LogP contribution in [-0.2, 0) is 6.54 Å². The standard InChI is InChI=1S/C12H12N4O2/c1-8-5-15-9(6-14-8)7-16-12(18)11-10(17)3-2-4-13-11/h2-6,17H,7H2,1H3,(H,16,18). The summed E-state index contributed by atoms with van der Waals surface area (Å²) in [6.45, 7) is 2.07. The van der Waals surface area contributed by atoms with Crippen molar-refractivity contribution >= 4 is 5.91 Å². The molecule has 0 aliphatic rings. The van der Waals surface area contributed by atoms with Gasteiger partial charge in [-0.05, 0) is 19.1 Å². The predicted octanol–water partition coefficient (Wildman–Crippen LogP) is 0.816. The molecule has 0 saturated carbocycles. The molecule has 0 spiro atoms. The van der Waals surface area contributed by atoms with E-state index < -0.39 is 5.91 Å². The van der Waals surface area contributed by atoms with E-state index in [1.165, 1.54) is 12.3 Å². The molecule has 6 heteroatoms. The molecule has 2 aromatic rings. The second-order valence-corrected chi connectivity index (χ2v) is 3.70. The molecule has 6 nitrogen and oxygen atoms in total. The van der Waals surface area contributed by atoms with Crippen LogP contribution in [0.25, 0.3) is 0 Å². The molecule has 0 aromatic carbocycles. The average Bonchev–Trinajstić information content (AvgIpc) is 2.38. The molecule has 0 unspecified atom stereocenters. The van der Waals surface area contributed by atoms with Gasteiger partial charge >= 0.3 is 0 Å². The third-order valence-electron chi connectivity index (χ3n) is 2.27. The summed E-state index contributed by atoms with van der Waals surface area (Å²) in [5.41, 5.74) is 1.45. The van der Waals surface area contributed by atoms with Gasteiger partial charge in [0.05, 0.1) is 24.1 Å². The van der Waals surface area contributed by atoms with Crippen LogP contribution >= 0.6 is 0 Å². The Hall–Kier alpha value is -2.50. The van der Waals surface area contributed by atoms with Crippen LogP contribution in [0.4, 0.5) is 0 Å². The highest BCUT2D eigenvalue weighted by atomic mass is 16.3. The SMILES string of the molecule is Cc1cnc(CNC(=O)c2ncccc2O)cn1. The number of carbonyl (C=O) groups is 1. The minimum Gasteiger partial charge on any atom is -0.505 e. The number of aryl methyl sites for hydroxylation is 1. The first-order valence-electron chi connectivity index (χ1n) is 5.36. The monoisotopic (exact) mass is 244 g/mol. The van der Waals surface area contributed by atoms with Crippen LogP contribution in [0.2, 0.25) is 0 Å². The second-order valence-electron chi connectivity index (χ2n) is 3.70. The molecule has 18 heavy (non-hydrogen) atoms. The molecule has 1 amide bonds. The van der Waals surface area contributed by atoms with Gasteiger partial charge in [-0.2, -0.15) is 0 Å².